The Hall–Kier alpha value is -2.86. The van der Waals surface area contributed by atoms with Crippen molar-refractivity contribution in [3.05, 3.63) is 65.7 Å². The average Bonchev–Trinajstić information content (AvgIpc) is 2.74. The number of hydrogen-bond donors (Lipinski definition) is 1. The summed E-state index contributed by atoms with van der Waals surface area (Å²) in [6, 6.07) is 16.4. The summed E-state index contributed by atoms with van der Waals surface area (Å²) in [7, 11) is 1.59. The van der Waals surface area contributed by atoms with Gasteiger partial charge in [-0.3, -0.25) is 9.59 Å². The zero-order valence-corrected chi connectivity index (χ0v) is 15.5. The second-order valence-electron chi connectivity index (χ2n) is 6.62. The van der Waals surface area contributed by atoms with Crippen LogP contribution in [0.3, 0.4) is 0 Å². The Morgan fingerprint density at radius 2 is 1.56 bits per heavy atom. The number of nitrogens with two attached hydrogens (primary N) is 1. The molecule has 2 aromatic rings. The van der Waals surface area contributed by atoms with Crippen LogP contribution in [-0.4, -0.2) is 54.9 Å². The number of rotatable bonds is 5. The molecule has 1 heterocycles. The maximum atomic E-state index is 12.6. The van der Waals surface area contributed by atoms with Gasteiger partial charge in [0.15, 0.2) is 0 Å². The number of carbonyl (C=O) groups excluding carboxylic acids is 2. The third kappa shape index (κ3) is 4.65. The van der Waals surface area contributed by atoms with Crippen LogP contribution in [0.1, 0.15) is 28.4 Å². The highest BCUT2D eigenvalue weighted by molar-refractivity contribution is 5.94. The van der Waals surface area contributed by atoms with E-state index in [9.17, 15) is 9.59 Å². The van der Waals surface area contributed by atoms with Gasteiger partial charge in [-0.25, -0.2) is 0 Å². The zero-order chi connectivity index (χ0) is 19.2. The summed E-state index contributed by atoms with van der Waals surface area (Å²) >= 11 is 0. The van der Waals surface area contributed by atoms with Gasteiger partial charge < -0.3 is 20.3 Å². The fourth-order valence-electron chi connectivity index (χ4n) is 3.21. The molecule has 2 N–H and O–H groups in total. The first-order valence-electron chi connectivity index (χ1n) is 9.10. The van der Waals surface area contributed by atoms with E-state index < -0.39 is 0 Å². The predicted octanol–water partition coefficient (Wildman–Crippen LogP) is 2.07. The van der Waals surface area contributed by atoms with Gasteiger partial charge in [0.2, 0.25) is 5.91 Å². The van der Waals surface area contributed by atoms with E-state index in [1.807, 2.05) is 30.3 Å². The lowest BCUT2D eigenvalue weighted by atomic mass is 10.0. The molecule has 0 radical (unpaired) electrons. The van der Waals surface area contributed by atoms with Gasteiger partial charge in [-0.15, -0.1) is 0 Å². The van der Waals surface area contributed by atoms with Gasteiger partial charge in [0.05, 0.1) is 7.11 Å². The molecule has 0 bridgehead atoms. The van der Waals surface area contributed by atoms with E-state index in [-0.39, 0.29) is 24.3 Å². The van der Waals surface area contributed by atoms with Crippen molar-refractivity contribution in [2.75, 3.05) is 33.3 Å². The Morgan fingerprint density at radius 1 is 0.963 bits per heavy atom. The van der Waals surface area contributed by atoms with E-state index >= 15 is 0 Å². The van der Waals surface area contributed by atoms with Crippen molar-refractivity contribution < 1.29 is 14.3 Å². The number of methoxy groups -OCH3 is 1. The molecule has 1 atom stereocenters. The van der Waals surface area contributed by atoms with Crippen molar-refractivity contribution in [3.63, 3.8) is 0 Å². The molecule has 0 aliphatic carbocycles. The highest BCUT2D eigenvalue weighted by Crippen LogP contribution is 2.17. The fraction of sp³-hybridized carbons (Fsp3) is 0.333. The summed E-state index contributed by atoms with van der Waals surface area (Å²) < 4.78 is 5.12. The first kappa shape index (κ1) is 18.9. The number of amides is 2. The monoisotopic (exact) mass is 367 g/mol. The lowest BCUT2D eigenvalue weighted by Crippen LogP contribution is -2.51. The minimum absolute atomic E-state index is 0.0225. The number of benzene rings is 2. The van der Waals surface area contributed by atoms with Crippen LogP contribution in [0.5, 0.6) is 5.75 Å². The van der Waals surface area contributed by atoms with Crippen LogP contribution in [0, 0.1) is 0 Å². The van der Waals surface area contributed by atoms with E-state index in [0.717, 1.165) is 11.3 Å². The molecule has 0 spiro atoms. The highest BCUT2D eigenvalue weighted by Gasteiger charge is 2.25. The fourth-order valence-corrected chi connectivity index (χ4v) is 3.21. The van der Waals surface area contributed by atoms with Crippen molar-refractivity contribution in [1.82, 2.24) is 9.80 Å². The first-order valence-corrected chi connectivity index (χ1v) is 9.10. The van der Waals surface area contributed by atoms with Crippen molar-refractivity contribution in [3.8, 4) is 5.75 Å². The number of hydrogen-bond acceptors (Lipinski definition) is 4. The minimum atomic E-state index is -0.308. The quantitative estimate of drug-likeness (QED) is 0.878. The molecule has 3 rings (SSSR count). The smallest absolute Gasteiger partial charge is 0.253 e. The number of ether oxygens (including phenoxy) is 1. The maximum Gasteiger partial charge on any atom is 0.253 e. The standard InChI is InChI=1S/C21H25N3O3/c1-27-18-9-7-17(8-10-18)21(26)24-13-11-23(12-14-24)20(25)15-19(22)16-5-3-2-4-6-16/h2-10,19H,11-15,22H2,1H3. The van der Waals surface area contributed by atoms with Crippen LogP contribution in [0.15, 0.2) is 54.6 Å². The van der Waals surface area contributed by atoms with Crippen LogP contribution >= 0.6 is 0 Å². The Kier molecular flexibility index (Phi) is 6.08. The topological polar surface area (TPSA) is 75.9 Å². The first-order chi connectivity index (χ1) is 13.1. The SMILES string of the molecule is COc1ccc(C(=O)N2CCN(C(=O)CC(N)c3ccccc3)CC2)cc1. The molecule has 1 fully saturated rings. The summed E-state index contributed by atoms with van der Waals surface area (Å²) in [5.74, 6) is 0.727. The van der Waals surface area contributed by atoms with Gasteiger partial charge in [-0.2, -0.15) is 0 Å². The van der Waals surface area contributed by atoms with Gasteiger partial charge in [0.25, 0.3) is 5.91 Å². The molecule has 142 valence electrons. The van der Waals surface area contributed by atoms with Gasteiger partial charge in [-0.05, 0) is 29.8 Å². The van der Waals surface area contributed by atoms with Crippen LogP contribution in [0.4, 0.5) is 0 Å². The lowest BCUT2D eigenvalue weighted by molar-refractivity contribution is -0.133. The number of nitrogens with zero attached hydrogens (tertiary/aromatic N) is 2. The molecular weight excluding hydrogens is 342 g/mol. The molecule has 0 saturated carbocycles. The molecule has 2 aromatic carbocycles. The van der Waals surface area contributed by atoms with Crippen molar-refractivity contribution >= 4 is 11.8 Å². The largest absolute Gasteiger partial charge is 0.497 e. The number of piperazine rings is 1. The van der Waals surface area contributed by atoms with Crippen molar-refractivity contribution in [2.45, 2.75) is 12.5 Å². The summed E-state index contributed by atoms with van der Waals surface area (Å²) in [5, 5.41) is 0. The van der Waals surface area contributed by atoms with E-state index in [1.165, 1.54) is 0 Å². The van der Waals surface area contributed by atoms with Crippen molar-refractivity contribution in [2.24, 2.45) is 5.73 Å². The molecule has 1 saturated heterocycles. The predicted molar refractivity (Wildman–Crippen MR) is 103 cm³/mol. The van der Waals surface area contributed by atoms with Gasteiger partial charge in [0.1, 0.15) is 5.75 Å². The average molecular weight is 367 g/mol. The van der Waals surface area contributed by atoms with Gasteiger partial charge in [0, 0.05) is 44.2 Å². The number of carbonyl (C=O) groups is 2. The normalized spacial score (nSPS) is 15.3. The molecule has 2 amide bonds. The molecular formula is C21H25N3O3. The second kappa shape index (κ2) is 8.68. The third-order valence-electron chi connectivity index (χ3n) is 4.88. The van der Waals surface area contributed by atoms with Crippen LogP contribution < -0.4 is 10.5 Å². The highest BCUT2D eigenvalue weighted by atomic mass is 16.5. The summed E-state index contributed by atoms with van der Waals surface area (Å²) in [6.07, 6.45) is 0.274. The van der Waals surface area contributed by atoms with E-state index in [4.69, 9.17) is 10.5 Å². The van der Waals surface area contributed by atoms with E-state index in [0.29, 0.717) is 31.7 Å². The van der Waals surface area contributed by atoms with Crippen molar-refractivity contribution in [1.29, 1.82) is 0 Å². The molecule has 27 heavy (non-hydrogen) atoms. The molecule has 6 heteroatoms. The zero-order valence-electron chi connectivity index (χ0n) is 15.5. The molecule has 1 aliphatic rings. The summed E-state index contributed by atoms with van der Waals surface area (Å²) in [5.41, 5.74) is 7.74. The second-order valence-corrected chi connectivity index (χ2v) is 6.62. The molecule has 0 aromatic heterocycles. The minimum Gasteiger partial charge on any atom is -0.497 e. The lowest BCUT2D eigenvalue weighted by Gasteiger charge is -2.35. The van der Waals surface area contributed by atoms with E-state index in [2.05, 4.69) is 0 Å². The van der Waals surface area contributed by atoms with Crippen LogP contribution in [0.25, 0.3) is 0 Å². The van der Waals surface area contributed by atoms with E-state index in [1.54, 1.807) is 41.2 Å². The van der Waals surface area contributed by atoms with Gasteiger partial charge >= 0.3 is 0 Å². The molecule has 1 unspecified atom stereocenters. The van der Waals surface area contributed by atoms with Crippen LogP contribution in [0.2, 0.25) is 0 Å². The molecule has 6 nitrogen and oxygen atoms in total. The van der Waals surface area contributed by atoms with Gasteiger partial charge in [-0.1, -0.05) is 30.3 Å². The Bertz CT molecular complexity index is 769. The summed E-state index contributed by atoms with van der Waals surface area (Å²) in [4.78, 5) is 28.7. The molecule has 1 aliphatic heterocycles. The Labute approximate surface area is 159 Å². The maximum absolute atomic E-state index is 12.6. The van der Waals surface area contributed by atoms with Crippen LogP contribution in [-0.2, 0) is 4.79 Å². The summed E-state index contributed by atoms with van der Waals surface area (Å²) in [6.45, 7) is 2.11. The Morgan fingerprint density at radius 3 is 2.15 bits per heavy atom. The third-order valence-corrected chi connectivity index (χ3v) is 4.88. The Balaban J connectivity index is 1.51.